The second-order valence-corrected chi connectivity index (χ2v) is 6.68. The van der Waals surface area contributed by atoms with Crippen molar-refractivity contribution in [1.29, 1.82) is 0 Å². The van der Waals surface area contributed by atoms with Crippen LogP contribution < -0.4 is 10.6 Å². The van der Waals surface area contributed by atoms with Crippen molar-refractivity contribution in [1.82, 2.24) is 15.8 Å². The molecule has 0 saturated heterocycles. The maximum Gasteiger partial charge on any atom is 0.305 e. The zero-order chi connectivity index (χ0) is 20.6. The normalized spacial score (nSPS) is 11.5. The lowest BCUT2D eigenvalue weighted by atomic mass is 10.1. The van der Waals surface area contributed by atoms with Crippen LogP contribution in [0, 0.1) is 0 Å². The minimum atomic E-state index is -0.0825. The van der Waals surface area contributed by atoms with Gasteiger partial charge < -0.3 is 19.9 Å². The Labute approximate surface area is 169 Å². The van der Waals surface area contributed by atoms with Gasteiger partial charge in [-0.25, -0.2) is 4.99 Å². The van der Waals surface area contributed by atoms with E-state index < -0.39 is 0 Å². The second kappa shape index (κ2) is 14.9. The van der Waals surface area contributed by atoms with E-state index >= 15 is 0 Å². The molecule has 1 heterocycles. The number of hydrogen-bond donors (Lipinski definition) is 2. The molecule has 1 aromatic rings. The van der Waals surface area contributed by atoms with E-state index in [1.807, 2.05) is 6.92 Å². The number of unbranched alkanes of at least 4 members (excludes halogenated alkanes) is 4. The number of aryl methyl sites for hydroxylation is 2. The van der Waals surface area contributed by atoms with E-state index in [0.717, 1.165) is 81.0 Å². The molecule has 0 aliphatic heterocycles. The maximum absolute atomic E-state index is 11.3. The van der Waals surface area contributed by atoms with Gasteiger partial charge in [0.1, 0.15) is 5.76 Å². The first kappa shape index (κ1) is 24.0. The van der Waals surface area contributed by atoms with Crippen LogP contribution in [0.25, 0.3) is 0 Å². The van der Waals surface area contributed by atoms with Gasteiger partial charge in [-0.1, -0.05) is 38.3 Å². The van der Waals surface area contributed by atoms with Gasteiger partial charge in [0.05, 0.1) is 18.8 Å². The minimum absolute atomic E-state index is 0.0825. The van der Waals surface area contributed by atoms with Crippen LogP contribution in [0.15, 0.2) is 9.52 Å². The molecule has 0 aliphatic rings. The van der Waals surface area contributed by atoms with Gasteiger partial charge in [0, 0.05) is 31.5 Å². The first-order valence-electron chi connectivity index (χ1n) is 10.8. The highest BCUT2D eigenvalue weighted by molar-refractivity contribution is 5.79. The molecule has 1 aromatic heterocycles. The van der Waals surface area contributed by atoms with Crippen LogP contribution in [-0.4, -0.2) is 36.8 Å². The summed E-state index contributed by atoms with van der Waals surface area (Å²) in [5.41, 5.74) is 2.11. The summed E-state index contributed by atoms with van der Waals surface area (Å²) in [5, 5.41) is 10.8. The SMILES string of the molecule is CCNC(=NCc1c(CC)noc1CC)NCCCCCCCC(=O)OCC. The number of esters is 1. The van der Waals surface area contributed by atoms with Gasteiger partial charge in [0.15, 0.2) is 5.96 Å². The van der Waals surface area contributed by atoms with E-state index in [4.69, 9.17) is 14.3 Å². The summed E-state index contributed by atoms with van der Waals surface area (Å²) in [6.45, 7) is 10.8. The monoisotopic (exact) mass is 394 g/mol. The lowest BCUT2D eigenvalue weighted by Crippen LogP contribution is -2.37. The molecule has 0 aromatic carbocycles. The molecule has 0 bridgehead atoms. The second-order valence-electron chi connectivity index (χ2n) is 6.68. The Balaban J connectivity index is 2.30. The first-order valence-corrected chi connectivity index (χ1v) is 10.8. The van der Waals surface area contributed by atoms with Gasteiger partial charge in [-0.2, -0.15) is 0 Å². The lowest BCUT2D eigenvalue weighted by molar-refractivity contribution is -0.143. The van der Waals surface area contributed by atoms with Crippen LogP contribution in [0.1, 0.15) is 83.2 Å². The molecule has 0 unspecified atom stereocenters. The van der Waals surface area contributed by atoms with Crippen molar-refractivity contribution in [3.8, 4) is 0 Å². The van der Waals surface area contributed by atoms with Crippen molar-refractivity contribution in [2.75, 3.05) is 19.7 Å². The molecule has 7 nitrogen and oxygen atoms in total. The number of aromatic nitrogens is 1. The average Bonchev–Trinajstić information content (AvgIpc) is 3.10. The fourth-order valence-electron chi connectivity index (χ4n) is 2.98. The van der Waals surface area contributed by atoms with Crippen molar-refractivity contribution in [2.45, 2.75) is 85.6 Å². The molecule has 0 spiro atoms. The zero-order valence-electron chi connectivity index (χ0n) is 18.1. The van der Waals surface area contributed by atoms with Crippen LogP contribution in [0.2, 0.25) is 0 Å². The highest BCUT2D eigenvalue weighted by atomic mass is 16.5. The Morgan fingerprint density at radius 3 is 2.46 bits per heavy atom. The molecule has 0 aliphatic carbocycles. The van der Waals surface area contributed by atoms with E-state index in [2.05, 4.69) is 36.6 Å². The molecule has 0 radical (unpaired) electrons. The van der Waals surface area contributed by atoms with Crippen LogP contribution >= 0.6 is 0 Å². The molecule has 160 valence electrons. The summed E-state index contributed by atoms with van der Waals surface area (Å²) in [6, 6.07) is 0. The van der Waals surface area contributed by atoms with Crippen LogP contribution in [0.5, 0.6) is 0 Å². The van der Waals surface area contributed by atoms with Crippen molar-refractivity contribution in [3.63, 3.8) is 0 Å². The summed E-state index contributed by atoms with van der Waals surface area (Å²) >= 11 is 0. The molecule has 0 atom stereocenters. The quantitative estimate of drug-likeness (QED) is 0.216. The Kier molecular flexibility index (Phi) is 12.8. The maximum atomic E-state index is 11.3. The van der Waals surface area contributed by atoms with Crippen molar-refractivity contribution in [3.05, 3.63) is 17.0 Å². The number of ether oxygens (including phenoxy) is 1. The van der Waals surface area contributed by atoms with Gasteiger partial charge in [0.2, 0.25) is 0 Å². The van der Waals surface area contributed by atoms with E-state index in [9.17, 15) is 4.79 Å². The Morgan fingerprint density at radius 1 is 1.04 bits per heavy atom. The predicted molar refractivity (Wildman–Crippen MR) is 112 cm³/mol. The molecule has 1 rings (SSSR count). The molecule has 7 heteroatoms. The smallest absolute Gasteiger partial charge is 0.305 e. The molecular formula is C21H38N4O3. The fourth-order valence-corrected chi connectivity index (χ4v) is 2.98. The van der Waals surface area contributed by atoms with Crippen LogP contribution in [-0.2, 0) is 28.9 Å². The molecular weight excluding hydrogens is 356 g/mol. The number of carbonyl (C=O) groups is 1. The topological polar surface area (TPSA) is 88.8 Å². The minimum Gasteiger partial charge on any atom is -0.466 e. The Bertz CT molecular complexity index is 563. The van der Waals surface area contributed by atoms with E-state index in [0.29, 0.717) is 19.6 Å². The summed E-state index contributed by atoms with van der Waals surface area (Å²) in [7, 11) is 0. The van der Waals surface area contributed by atoms with E-state index in [1.54, 1.807) is 0 Å². The molecule has 2 N–H and O–H groups in total. The lowest BCUT2D eigenvalue weighted by Gasteiger charge is -2.11. The summed E-state index contributed by atoms with van der Waals surface area (Å²) < 4.78 is 10.3. The molecule has 0 saturated carbocycles. The third kappa shape index (κ3) is 9.24. The number of rotatable bonds is 14. The van der Waals surface area contributed by atoms with Gasteiger partial charge in [0.25, 0.3) is 0 Å². The van der Waals surface area contributed by atoms with Crippen LogP contribution in [0.3, 0.4) is 0 Å². The largest absolute Gasteiger partial charge is 0.466 e. The third-order valence-corrected chi connectivity index (χ3v) is 4.50. The average molecular weight is 395 g/mol. The standard InChI is InChI=1S/C21H38N4O3/c1-5-18-17(19(6-2)28-25-18)16-24-21(22-7-3)23-15-13-11-9-10-12-14-20(26)27-8-4/h5-16H2,1-4H3,(H2,22,23,24). The van der Waals surface area contributed by atoms with E-state index in [1.165, 1.54) is 0 Å². The van der Waals surface area contributed by atoms with E-state index in [-0.39, 0.29) is 5.97 Å². The first-order chi connectivity index (χ1) is 13.7. The third-order valence-electron chi connectivity index (χ3n) is 4.50. The van der Waals surface area contributed by atoms with Gasteiger partial charge in [-0.15, -0.1) is 0 Å². The van der Waals surface area contributed by atoms with Crippen LogP contribution in [0.4, 0.5) is 0 Å². The summed E-state index contributed by atoms with van der Waals surface area (Å²) in [5.74, 6) is 1.68. The van der Waals surface area contributed by atoms with Gasteiger partial charge in [-0.05, 0) is 33.1 Å². The predicted octanol–water partition coefficient (Wildman–Crippen LogP) is 3.76. The van der Waals surface area contributed by atoms with Gasteiger partial charge >= 0.3 is 5.97 Å². The number of nitrogens with one attached hydrogen (secondary N) is 2. The molecule has 28 heavy (non-hydrogen) atoms. The Morgan fingerprint density at radius 2 is 1.79 bits per heavy atom. The molecule has 0 amide bonds. The number of carbonyl (C=O) groups excluding carboxylic acids is 1. The number of hydrogen-bond acceptors (Lipinski definition) is 5. The Hall–Kier alpha value is -2.05. The number of nitrogens with zero attached hydrogens (tertiary/aromatic N) is 2. The number of guanidine groups is 1. The summed E-state index contributed by atoms with van der Waals surface area (Å²) in [4.78, 5) is 16.0. The van der Waals surface area contributed by atoms with Crippen molar-refractivity contribution < 1.29 is 14.1 Å². The summed E-state index contributed by atoms with van der Waals surface area (Å²) in [6.07, 6.45) is 7.56. The van der Waals surface area contributed by atoms with Crippen molar-refractivity contribution >= 4 is 11.9 Å². The highest BCUT2D eigenvalue weighted by Crippen LogP contribution is 2.16. The van der Waals surface area contributed by atoms with Gasteiger partial charge in [-0.3, -0.25) is 4.79 Å². The zero-order valence-corrected chi connectivity index (χ0v) is 18.1. The molecule has 0 fully saturated rings. The fraction of sp³-hybridized carbons (Fsp3) is 0.762. The number of aliphatic imine (C=N–C) groups is 1. The van der Waals surface area contributed by atoms with Crippen molar-refractivity contribution in [2.24, 2.45) is 4.99 Å². The highest BCUT2D eigenvalue weighted by Gasteiger charge is 2.13.